The maximum absolute atomic E-state index is 12.1. The van der Waals surface area contributed by atoms with E-state index in [1.54, 1.807) is 11.3 Å². The van der Waals surface area contributed by atoms with E-state index in [0.29, 0.717) is 17.6 Å². The minimum Gasteiger partial charge on any atom is -0.341 e. The van der Waals surface area contributed by atoms with E-state index in [1.807, 2.05) is 11.8 Å². The maximum atomic E-state index is 12.1. The summed E-state index contributed by atoms with van der Waals surface area (Å²) in [6, 6.07) is 0. The van der Waals surface area contributed by atoms with E-state index in [9.17, 15) is 4.79 Å². The van der Waals surface area contributed by atoms with Crippen molar-refractivity contribution in [1.82, 2.24) is 15.1 Å². The fourth-order valence-corrected chi connectivity index (χ4v) is 4.14. The van der Waals surface area contributed by atoms with Gasteiger partial charge in [-0.15, -0.1) is 10.2 Å². The van der Waals surface area contributed by atoms with Gasteiger partial charge in [-0.3, -0.25) is 4.79 Å². The van der Waals surface area contributed by atoms with Crippen LogP contribution in [0.3, 0.4) is 0 Å². The average Bonchev–Trinajstić information content (AvgIpc) is 2.70. The molecule has 1 amide bonds. The summed E-state index contributed by atoms with van der Waals surface area (Å²) in [6.45, 7) is 8.17. The van der Waals surface area contributed by atoms with E-state index < -0.39 is 0 Å². The Hall–Kier alpha value is -0.620. The molecule has 0 aromatic carbocycles. The van der Waals surface area contributed by atoms with E-state index in [4.69, 9.17) is 0 Å². The molecule has 2 heterocycles. The number of likely N-dealkylation sites (tertiary alicyclic amines) is 1. The van der Waals surface area contributed by atoms with Gasteiger partial charge in [0.15, 0.2) is 4.34 Å². The number of piperidine rings is 1. The maximum Gasteiger partial charge on any atom is 0.233 e. The third kappa shape index (κ3) is 3.68. The van der Waals surface area contributed by atoms with E-state index in [-0.39, 0.29) is 5.91 Å². The lowest BCUT2D eigenvalue weighted by atomic mass is 9.92. The first-order valence-electron chi connectivity index (χ1n) is 6.25. The van der Waals surface area contributed by atoms with Gasteiger partial charge in [0, 0.05) is 13.1 Å². The van der Waals surface area contributed by atoms with Gasteiger partial charge in [0.1, 0.15) is 5.01 Å². The lowest BCUT2D eigenvalue weighted by Crippen LogP contribution is -2.43. The highest BCUT2D eigenvalue weighted by molar-refractivity contribution is 8.01. The summed E-state index contributed by atoms with van der Waals surface area (Å²) in [5.41, 5.74) is 0. The number of aromatic nitrogens is 2. The molecule has 0 N–H and O–H groups in total. The Morgan fingerprint density at radius 2 is 2.06 bits per heavy atom. The molecule has 0 aliphatic carbocycles. The lowest BCUT2D eigenvalue weighted by molar-refractivity contribution is -0.130. The molecular formula is C12H19N3OS2. The second kappa shape index (κ2) is 6.02. The molecule has 1 aliphatic rings. The van der Waals surface area contributed by atoms with Gasteiger partial charge in [-0.05, 0) is 25.2 Å². The standard InChI is InChI=1S/C12H19N3OS2/c1-8-4-9(2)6-15(5-8)11(16)7-17-12-14-13-10(3)18-12/h8-9H,4-7H2,1-3H3. The van der Waals surface area contributed by atoms with Gasteiger partial charge in [-0.2, -0.15) is 0 Å². The van der Waals surface area contributed by atoms with Crippen LogP contribution in [-0.2, 0) is 4.79 Å². The van der Waals surface area contributed by atoms with Crippen molar-refractivity contribution in [3.63, 3.8) is 0 Å². The zero-order valence-electron chi connectivity index (χ0n) is 11.0. The molecule has 0 radical (unpaired) electrons. The summed E-state index contributed by atoms with van der Waals surface area (Å²) in [5.74, 6) is 1.94. The van der Waals surface area contributed by atoms with E-state index >= 15 is 0 Å². The van der Waals surface area contributed by atoms with Gasteiger partial charge < -0.3 is 4.90 Å². The van der Waals surface area contributed by atoms with E-state index in [0.717, 1.165) is 22.4 Å². The zero-order chi connectivity index (χ0) is 13.1. The highest BCUT2D eigenvalue weighted by Gasteiger charge is 2.25. The van der Waals surface area contributed by atoms with Crippen molar-refractivity contribution in [3.05, 3.63) is 5.01 Å². The molecular weight excluding hydrogens is 266 g/mol. The predicted molar refractivity (Wildman–Crippen MR) is 74.9 cm³/mol. The number of carbonyl (C=O) groups excluding carboxylic acids is 1. The fourth-order valence-electron chi connectivity index (χ4n) is 2.42. The SMILES string of the molecule is Cc1nnc(SCC(=O)N2CC(C)CC(C)C2)s1. The van der Waals surface area contributed by atoms with Crippen molar-refractivity contribution in [2.45, 2.75) is 31.5 Å². The van der Waals surface area contributed by atoms with Crippen LogP contribution < -0.4 is 0 Å². The quantitative estimate of drug-likeness (QED) is 0.800. The molecule has 1 aromatic rings. The normalized spacial score (nSPS) is 24.3. The van der Waals surface area contributed by atoms with Crippen LogP contribution in [0.2, 0.25) is 0 Å². The molecule has 4 nitrogen and oxygen atoms in total. The van der Waals surface area contributed by atoms with Gasteiger partial charge in [-0.1, -0.05) is 36.9 Å². The van der Waals surface area contributed by atoms with Crippen LogP contribution in [0.4, 0.5) is 0 Å². The highest BCUT2D eigenvalue weighted by Crippen LogP contribution is 2.25. The molecule has 1 fully saturated rings. The molecule has 2 unspecified atom stereocenters. The first-order valence-corrected chi connectivity index (χ1v) is 8.05. The smallest absolute Gasteiger partial charge is 0.233 e. The van der Waals surface area contributed by atoms with Gasteiger partial charge >= 0.3 is 0 Å². The molecule has 2 rings (SSSR count). The third-order valence-electron chi connectivity index (χ3n) is 3.05. The van der Waals surface area contributed by atoms with Crippen LogP contribution >= 0.6 is 23.1 Å². The molecule has 1 aromatic heterocycles. The molecule has 1 aliphatic heterocycles. The Bertz CT molecular complexity index is 411. The lowest BCUT2D eigenvalue weighted by Gasteiger charge is -2.34. The number of thioether (sulfide) groups is 1. The van der Waals surface area contributed by atoms with Crippen LogP contribution in [0.5, 0.6) is 0 Å². The Labute approximate surface area is 116 Å². The van der Waals surface area contributed by atoms with E-state index in [1.165, 1.54) is 18.2 Å². The molecule has 1 saturated heterocycles. The first kappa shape index (κ1) is 13.8. The molecule has 100 valence electrons. The second-order valence-corrected chi connectivity index (χ2v) is 7.52. The number of nitrogens with zero attached hydrogens (tertiary/aromatic N) is 3. The van der Waals surface area contributed by atoms with Crippen LogP contribution in [0, 0.1) is 18.8 Å². The Kier molecular flexibility index (Phi) is 4.61. The summed E-state index contributed by atoms with van der Waals surface area (Å²) in [7, 11) is 0. The summed E-state index contributed by atoms with van der Waals surface area (Å²) in [6.07, 6.45) is 1.23. The van der Waals surface area contributed by atoms with Crippen molar-refractivity contribution in [3.8, 4) is 0 Å². The fraction of sp³-hybridized carbons (Fsp3) is 0.750. The summed E-state index contributed by atoms with van der Waals surface area (Å²) in [5, 5.41) is 8.93. The molecule has 18 heavy (non-hydrogen) atoms. The Morgan fingerprint density at radius 1 is 1.39 bits per heavy atom. The van der Waals surface area contributed by atoms with Crippen molar-refractivity contribution in [2.75, 3.05) is 18.8 Å². The van der Waals surface area contributed by atoms with Gasteiger partial charge in [0.25, 0.3) is 0 Å². The topological polar surface area (TPSA) is 46.1 Å². The zero-order valence-corrected chi connectivity index (χ0v) is 12.7. The van der Waals surface area contributed by atoms with Crippen LogP contribution in [0.15, 0.2) is 4.34 Å². The number of hydrogen-bond donors (Lipinski definition) is 0. The number of aryl methyl sites for hydroxylation is 1. The van der Waals surface area contributed by atoms with Gasteiger partial charge in [-0.25, -0.2) is 0 Å². The van der Waals surface area contributed by atoms with Gasteiger partial charge in [0.05, 0.1) is 5.75 Å². The van der Waals surface area contributed by atoms with Crippen molar-refractivity contribution in [1.29, 1.82) is 0 Å². The molecule has 2 atom stereocenters. The van der Waals surface area contributed by atoms with Crippen LogP contribution in [0.25, 0.3) is 0 Å². The summed E-state index contributed by atoms with van der Waals surface area (Å²) in [4.78, 5) is 14.1. The van der Waals surface area contributed by atoms with Crippen molar-refractivity contribution >= 4 is 29.0 Å². The predicted octanol–water partition coefficient (Wildman–Crippen LogP) is 2.44. The molecule has 0 spiro atoms. The van der Waals surface area contributed by atoms with Crippen LogP contribution in [-0.4, -0.2) is 39.8 Å². The molecule has 0 bridgehead atoms. The second-order valence-electron chi connectivity index (χ2n) is 5.12. The number of hydrogen-bond acceptors (Lipinski definition) is 5. The van der Waals surface area contributed by atoms with Crippen molar-refractivity contribution < 1.29 is 4.79 Å². The third-order valence-corrected chi connectivity index (χ3v) is 5.00. The monoisotopic (exact) mass is 285 g/mol. The summed E-state index contributed by atoms with van der Waals surface area (Å²) < 4.78 is 0.888. The largest absolute Gasteiger partial charge is 0.341 e. The average molecular weight is 285 g/mol. The highest BCUT2D eigenvalue weighted by atomic mass is 32.2. The summed E-state index contributed by atoms with van der Waals surface area (Å²) >= 11 is 3.05. The van der Waals surface area contributed by atoms with E-state index in [2.05, 4.69) is 24.0 Å². The number of carbonyl (C=O) groups is 1. The van der Waals surface area contributed by atoms with Crippen molar-refractivity contribution in [2.24, 2.45) is 11.8 Å². The molecule has 6 heteroatoms. The first-order chi connectivity index (χ1) is 8.54. The Balaban J connectivity index is 1.84. The molecule has 0 saturated carbocycles. The minimum atomic E-state index is 0.228. The number of amides is 1. The number of rotatable bonds is 3. The van der Waals surface area contributed by atoms with Gasteiger partial charge in [0.2, 0.25) is 5.91 Å². The van der Waals surface area contributed by atoms with Crippen LogP contribution in [0.1, 0.15) is 25.3 Å². The Morgan fingerprint density at radius 3 is 2.61 bits per heavy atom. The minimum absolute atomic E-state index is 0.228.